The highest BCUT2D eigenvalue weighted by Crippen LogP contribution is 2.19. The second-order valence-electron chi connectivity index (χ2n) is 5.57. The molecule has 0 aromatic heterocycles. The van der Waals surface area contributed by atoms with Crippen molar-refractivity contribution in [2.75, 3.05) is 6.54 Å². The lowest BCUT2D eigenvalue weighted by molar-refractivity contribution is -0.139. The Morgan fingerprint density at radius 2 is 1.89 bits per heavy atom. The number of rotatable bonds is 4. The van der Waals surface area contributed by atoms with Crippen LogP contribution in [-0.2, 0) is 9.59 Å². The van der Waals surface area contributed by atoms with Gasteiger partial charge in [0.2, 0.25) is 0 Å². The minimum absolute atomic E-state index is 0.208. The van der Waals surface area contributed by atoms with Crippen LogP contribution >= 0.6 is 0 Å². The highest BCUT2D eigenvalue weighted by molar-refractivity contribution is 6.35. The van der Waals surface area contributed by atoms with Gasteiger partial charge in [0.1, 0.15) is 0 Å². The lowest BCUT2D eigenvalue weighted by Crippen LogP contribution is -2.44. The molecule has 0 spiro atoms. The Bertz CT molecular complexity index is 357. The molecule has 2 rings (SSSR count). The van der Waals surface area contributed by atoms with Crippen molar-refractivity contribution in [1.29, 1.82) is 0 Å². The molecule has 0 aromatic carbocycles. The Morgan fingerprint density at radius 1 is 1.11 bits per heavy atom. The van der Waals surface area contributed by atoms with E-state index in [1.807, 2.05) is 0 Å². The summed E-state index contributed by atoms with van der Waals surface area (Å²) in [7, 11) is 0. The summed E-state index contributed by atoms with van der Waals surface area (Å²) >= 11 is 0. The van der Waals surface area contributed by atoms with Crippen LogP contribution in [0.5, 0.6) is 0 Å². The quantitative estimate of drug-likeness (QED) is 0.603. The van der Waals surface area contributed by atoms with Crippen LogP contribution in [0.2, 0.25) is 0 Å². The zero-order valence-electron chi connectivity index (χ0n) is 11.5. The lowest BCUT2D eigenvalue weighted by atomic mass is 9.97. The van der Waals surface area contributed by atoms with Crippen LogP contribution in [0.25, 0.3) is 0 Å². The van der Waals surface area contributed by atoms with Crippen LogP contribution in [0.15, 0.2) is 11.6 Å². The van der Waals surface area contributed by atoms with E-state index in [0.29, 0.717) is 6.54 Å². The van der Waals surface area contributed by atoms with E-state index in [0.717, 1.165) is 44.9 Å². The fourth-order valence-corrected chi connectivity index (χ4v) is 2.87. The SMILES string of the molecule is O=C(NCCC1=CCCCC1)C(=O)NC1CCCC1. The van der Waals surface area contributed by atoms with E-state index in [9.17, 15) is 9.59 Å². The molecule has 0 radical (unpaired) electrons. The van der Waals surface area contributed by atoms with Gasteiger partial charge in [-0.15, -0.1) is 0 Å². The molecule has 0 saturated heterocycles. The molecule has 2 N–H and O–H groups in total. The number of allylic oxidation sites excluding steroid dienone is 1. The highest BCUT2D eigenvalue weighted by atomic mass is 16.2. The maximum absolute atomic E-state index is 11.6. The summed E-state index contributed by atoms with van der Waals surface area (Å²) in [6, 6.07) is 0.208. The van der Waals surface area contributed by atoms with Gasteiger partial charge in [0, 0.05) is 12.6 Å². The minimum atomic E-state index is -0.483. The second-order valence-corrected chi connectivity index (χ2v) is 5.57. The third-order valence-electron chi connectivity index (χ3n) is 4.01. The molecule has 2 amide bonds. The predicted octanol–water partition coefficient (Wildman–Crippen LogP) is 2.05. The summed E-state index contributed by atoms with van der Waals surface area (Å²) in [5.74, 6) is -0.951. The van der Waals surface area contributed by atoms with Gasteiger partial charge in [0.05, 0.1) is 0 Å². The van der Waals surface area contributed by atoms with Gasteiger partial charge < -0.3 is 10.6 Å². The van der Waals surface area contributed by atoms with Gasteiger partial charge in [-0.25, -0.2) is 0 Å². The van der Waals surface area contributed by atoms with Crippen molar-refractivity contribution in [3.63, 3.8) is 0 Å². The number of hydrogen-bond acceptors (Lipinski definition) is 2. The van der Waals surface area contributed by atoms with E-state index in [-0.39, 0.29) is 6.04 Å². The molecule has 4 nitrogen and oxygen atoms in total. The first-order chi connectivity index (χ1) is 9.25. The maximum Gasteiger partial charge on any atom is 0.309 e. The van der Waals surface area contributed by atoms with E-state index in [1.165, 1.54) is 18.4 Å². The lowest BCUT2D eigenvalue weighted by Gasteiger charge is -2.14. The Labute approximate surface area is 115 Å². The first-order valence-corrected chi connectivity index (χ1v) is 7.52. The van der Waals surface area contributed by atoms with E-state index < -0.39 is 11.8 Å². The van der Waals surface area contributed by atoms with Crippen molar-refractivity contribution in [3.05, 3.63) is 11.6 Å². The van der Waals surface area contributed by atoms with Crippen LogP contribution in [0.1, 0.15) is 57.8 Å². The normalized spacial score (nSPS) is 19.9. The summed E-state index contributed by atoms with van der Waals surface area (Å²) in [6.45, 7) is 0.572. The molecule has 2 aliphatic rings. The van der Waals surface area contributed by atoms with Gasteiger partial charge >= 0.3 is 11.8 Å². The van der Waals surface area contributed by atoms with E-state index in [1.54, 1.807) is 0 Å². The van der Waals surface area contributed by atoms with Crippen molar-refractivity contribution >= 4 is 11.8 Å². The number of carbonyl (C=O) groups excluding carboxylic acids is 2. The zero-order valence-corrected chi connectivity index (χ0v) is 11.5. The molecule has 106 valence electrons. The van der Waals surface area contributed by atoms with E-state index in [4.69, 9.17) is 0 Å². The molecule has 0 aromatic rings. The number of amides is 2. The summed E-state index contributed by atoms with van der Waals surface area (Å²) in [6.07, 6.45) is 12.3. The van der Waals surface area contributed by atoms with Crippen LogP contribution in [0.3, 0.4) is 0 Å². The highest BCUT2D eigenvalue weighted by Gasteiger charge is 2.21. The average molecular weight is 264 g/mol. The molecule has 0 aliphatic heterocycles. The van der Waals surface area contributed by atoms with Crippen LogP contribution in [-0.4, -0.2) is 24.4 Å². The molecule has 0 unspecified atom stereocenters. The smallest absolute Gasteiger partial charge is 0.309 e. The Morgan fingerprint density at radius 3 is 2.58 bits per heavy atom. The zero-order chi connectivity index (χ0) is 13.5. The van der Waals surface area contributed by atoms with Gasteiger partial charge in [-0.1, -0.05) is 24.5 Å². The first-order valence-electron chi connectivity index (χ1n) is 7.52. The van der Waals surface area contributed by atoms with Gasteiger partial charge in [-0.2, -0.15) is 0 Å². The Balaban J connectivity index is 1.62. The third kappa shape index (κ3) is 4.69. The standard InChI is InChI=1S/C15H24N2O2/c18-14(15(19)17-13-8-4-5-9-13)16-11-10-12-6-2-1-3-7-12/h6,13H,1-5,7-11H2,(H,16,18)(H,17,19). The molecular formula is C15H24N2O2. The van der Waals surface area contributed by atoms with Crippen molar-refractivity contribution in [2.45, 2.75) is 63.8 Å². The van der Waals surface area contributed by atoms with Crippen LogP contribution < -0.4 is 10.6 Å². The molecule has 1 saturated carbocycles. The Kier molecular flexibility index (Phi) is 5.43. The van der Waals surface area contributed by atoms with Crippen molar-refractivity contribution < 1.29 is 9.59 Å². The topological polar surface area (TPSA) is 58.2 Å². The minimum Gasteiger partial charge on any atom is -0.348 e. The van der Waals surface area contributed by atoms with Crippen molar-refractivity contribution in [2.24, 2.45) is 0 Å². The van der Waals surface area contributed by atoms with Crippen molar-refractivity contribution in [1.82, 2.24) is 10.6 Å². The van der Waals surface area contributed by atoms with Gasteiger partial charge in [0.25, 0.3) is 0 Å². The van der Waals surface area contributed by atoms with E-state index in [2.05, 4.69) is 16.7 Å². The monoisotopic (exact) mass is 264 g/mol. The summed E-state index contributed by atoms with van der Waals surface area (Å²) in [5, 5.41) is 5.51. The van der Waals surface area contributed by atoms with Gasteiger partial charge in [0.15, 0.2) is 0 Å². The largest absolute Gasteiger partial charge is 0.348 e. The summed E-state index contributed by atoms with van der Waals surface area (Å²) < 4.78 is 0. The summed E-state index contributed by atoms with van der Waals surface area (Å²) in [4.78, 5) is 23.3. The second kappa shape index (κ2) is 7.31. The first kappa shape index (κ1) is 14.1. The summed E-state index contributed by atoms with van der Waals surface area (Å²) in [5.41, 5.74) is 1.42. The third-order valence-corrected chi connectivity index (χ3v) is 4.01. The fourth-order valence-electron chi connectivity index (χ4n) is 2.87. The molecule has 0 atom stereocenters. The Hall–Kier alpha value is -1.32. The number of hydrogen-bond donors (Lipinski definition) is 2. The molecule has 0 bridgehead atoms. The van der Waals surface area contributed by atoms with Gasteiger partial charge in [-0.3, -0.25) is 9.59 Å². The average Bonchev–Trinajstić information content (AvgIpc) is 2.92. The van der Waals surface area contributed by atoms with Crippen LogP contribution in [0, 0.1) is 0 Å². The number of nitrogens with one attached hydrogen (secondary N) is 2. The molecule has 1 fully saturated rings. The molecule has 19 heavy (non-hydrogen) atoms. The molecule has 4 heteroatoms. The molecule has 2 aliphatic carbocycles. The van der Waals surface area contributed by atoms with Crippen LogP contribution in [0.4, 0.5) is 0 Å². The molecule has 0 heterocycles. The van der Waals surface area contributed by atoms with Gasteiger partial charge in [-0.05, 0) is 44.9 Å². The number of carbonyl (C=O) groups is 2. The predicted molar refractivity (Wildman–Crippen MR) is 74.6 cm³/mol. The fraction of sp³-hybridized carbons (Fsp3) is 0.733. The maximum atomic E-state index is 11.6. The molecular weight excluding hydrogens is 240 g/mol. The van der Waals surface area contributed by atoms with E-state index >= 15 is 0 Å². The van der Waals surface area contributed by atoms with Crippen molar-refractivity contribution in [3.8, 4) is 0 Å².